The van der Waals surface area contributed by atoms with Gasteiger partial charge in [-0.25, -0.2) is 0 Å². The molecule has 3 saturated carbocycles. The van der Waals surface area contributed by atoms with E-state index in [1.807, 2.05) is 19.1 Å². The van der Waals surface area contributed by atoms with Gasteiger partial charge < -0.3 is 29.9 Å². The zero-order valence-electron chi connectivity index (χ0n) is 32.0. The molecule has 10 atom stereocenters. The molecule has 1 aromatic carbocycles. The highest BCUT2D eigenvalue weighted by Crippen LogP contribution is 2.67. The molecule has 10 nitrogen and oxygen atoms in total. The Balaban J connectivity index is 1.01. The number of hydrogen-bond acceptors (Lipinski definition) is 9. The number of methoxy groups -OCH3 is 1. The molecule has 286 valence electrons. The summed E-state index contributed by atoms with van der Waals surface area (Å²) in [5.74, 6) is 0.00885. The smallest absolute Gasteiger partial charge is 0.306 e. The first-order valence-electron chi connectivity index (χ1n) is 19.5. The van der Waals surface area contributed by atoms with E-state index in [9.17, 15) is 29.4 Å². The molecular formula is C42H60N2O8. The van der Waals surface area contributed by atoms with Crippen LogP contribution >= 0.6 is 0 Å². The summed E-state index contributed by atoms with van der Waals surface area (Å²) >= 11 is 0. The summed E-state index contributed by atoms with van der Waals surface area (Å²) in [6, 6.07) is 8.63. The van der Waals surface area contributed by atoms with E-state index >= 15 is 0 Å². The largest absolute Gasteiger partial charge is 0.497 e. The first kappa shape index (κ1) is 38.6. The third-order valence-corrected chi connectivity index (χ3v) is 14.9. The highest BCUT2D eigenvalue weighted by molar-refractivity contribution is 5.92. The van der Waals surface area contributed by atoms with Crippen molar-refractivity contribution in [1.82, 2.24) is 10.2 Å². The molecule has 4 fully saturated rings. The molecule has 6 rings (SSSR count). The molecule has 1 aromatic rings. The van der Waals surface area contributed by atoms with E-state index in [1.165, 1.54) is 5.56 Å². The summed E-state index contributed by atoms with van der Waals surface area (Å²) in [6.45, 7) is 9.45. The number of nitrogens with zero attached hydrogens (tertiary/aromatic N) is 1. The second kappa shape index (κ2) is 14.6. The Morgan fingerprint density at radius 3 is 2.46 bits per heavy atom. The average Bonchev–Trinajstić information content (AvgIpc) is 3.38. The average molecular weight is 721 g/mol. The molecule has 0 bridgehead atoms. The number of nitrogens with one attached hydrogen (secondary N) is 1. The van der Waals surface area contributed by atoms with Gasteiger partial charge in [0.1, 0.15) is 11.4 Å². The summed E-state index contributed by atoms with van der Waals surface area (Å²) < 4.78 is 10.8. The first-order chi connectivity index (χ1) is 24.6. The number of aliphatic hydroxyl groups is 2. The highest BCUT2D eigenvalue weighted by Gasteiger charge is 2.68. The Morgan fingerprint density at radius 1 is 1.02 bits per heavy atom. The van der Waals surface area contributed by atoms with Crippen molar-refractivity contribution in [2.75, 3.05) is 33.9 Å². The van der Waals surface area contributed by atoms with Gasteiger partial charge in [-0.2, -0.15) is 0 Å². The van der Waals surface area contributed by atoms with Crippen LogP contribution in [0.4, 0.5) is 0 Å². The highest BCUT2D eigenvalue weighted by atomic mass is 16.5. The van der Waals surface area contributed by atoms with E-state index in [0.717, 1.165) is 50.0 Å². The fourth-order valence-electron chi connectivity index (χ4n) is 11.7. The minimum absolute atomic E-state index is 0.0237. The molecule has 3 N–H and O–H groups in total. The Bertz CT molecular complexity index is 1580. The number of ether oxygens (including phenoxy) is 2. The van der Waals surface area contributed by atoms with Gasteiger partial charge in [0.05, 0.1) is 19.6 Å². The topological polar surface area (TPSA) is 142 Å². The number of Topliss-reactive ketones (excluding diaryl/α,β-unsaturated/α-hetero) is 1. The number of piperidine rings is 1. The summed E-state index contributed by atoms with van der Waals surface area (Å²) in [4.78, 5) is 53.9. The van der Waals surface area contributed by atoms with E-state index in [2.05, 4.69) is 50.2 Å². The summed E-state index contributed by atoms with van der Waals surface area (Å²) in [7, 11) is 3.81. The minimum Gasteiger partial charge on any atom is -0.497 e. The van der Waals surface area contributed by atoms with E-state index < -0.39 is 35.5 Å². The third kappa shape index (κ3) is 6.66. The molecule has 0 spiro atoms. The van der Waals surface area contributed by atoms with Crippen molar-refractivity contribution in [3.05, 3.63) is 41.5 Å². The van der Waals surface area contributed by atoms with Gasteiger partial charge in [0.2, 0.25) is 11.7 Å². The van der Waals surface area contributed by atoms with Gasteiger partial charge in [0.15, 0.2) is 12.4 Å². The summed E-state index contributed by atoms with van der Waals surface area (Å²) in [5, 5.41) is 26.6. The normalized spacial score (nSPS) is 38.7. The molecule has 5 aliphatic rings. The van der Waals surface area contributed by atoms with Crippen LogP contribution in [0, 0.1) is 34.5 Å². The van der Waals surface area contributed by atoms with Crippen LogP contribution < -0.4 is 10.1 Å². The fourth-order valence-corrected chi connectivity index (χ4v) is 11.7. The van der Waals surface area contributed by atoms with Gasteiger partial charge >= 0.3 is 5.97 Å². The zero-order chi connectivity index (χ0) is 37.6. The van der Waals surface area contributed by atoms with Crippen LogP contribution in [0.1, 0.15) is 104 Å². The number of carbonyl (C=O) groups excluding carboxylic acids is 4. The maximum absolute atomic E-state index is 13.7. The maximum Gasteiger partial charge on any atom is 0.306 e. The van der Waals surface area contributed by atoms with Crippen LogP contribution in [0.25, 0.3) is 0 Å². The van der Waals surface area contributed by atoms with Crippen molar-refractivity contribution in [3.63, 3.8) is 0 Å². The lowest BCUT2D eigenvalue weighted by Gasteiger charge is -2.60. The number of amides is 1. The van der Waals surface area contributed by atoms with Crippen LogP contribution in [-0.4, -0.2) is 90.2 Å². The molecule has 0 radical (unpaired) electrons. The third-order valence-electron chi connectivity index (χ3n) is 14.9. The minimum atomic E-state index is -1.72. The second-order valence-corrected chi connectivity index (χ2v) is 17.4. The van der Waals surface area contributed by atoms with E-state index in [1.54, 1.807) is 13.2 Å². The van der Waals surface area contributed by atoms with Gasteiger partial charge in [-0.15, -0.1) is 0 Å². The zero-order valence-corrected chi connectivity index (χ0v) is 32.0. The number of allylic oxidation sites excluding steroid dienone is 1. The van der Waals surface area contributed by atoms with Gasteiger partial charge in [0.25, 0.3) is 0 Å². The molecule has 1 amide bonds. The second-order valence-electron chi connectivity index (χ2n) is 17.4. The lowest BCUT2D eigenvalue weighted by molar-refractivity contribution is -0.184. The monoisotopic (exact) mass is 720 g/mol. The van der Waals surface area contributed by atoms with Crippen LogP contribution in [0.2, 0.25) is 0 Å². The molecule has 10 heteroatoms. The van der Waals surface area contributed by atoms with E-state index in [0.29, 0.717) is 31.3 Å². The molecule has 0 unspecified atom stereocenters. The number of likely N-dealkylation sites (tertiary alicyclic amines) is 1. The Morgan fingerprint density at radius 2 is 1.75 bits per heavy atom. The number of hydrogen-bond donors (Lipinski definition) is 3. The molecule has 1 aliphatic heterocycles. The maximum atomic E-state index is 13.7. The molecule has 52 heavy (non-hydrogen) atoms. The predicted molar refractivity (Wildman–Crippen MR) is 196 cm³/mol. The van der Waals surface area contributed by atoms with Gasteiger partial charge in [-0.3, -0.25) is 19.2 Å². The molecular weight excluding hydrogens is 660 g/mol. The van der Waals surface area contributed by atoms with Crippen molar-refractivity contribution in [2.45, 2.75) is 121 Å². The lowest BCUT2D eigenvalue weighted by atomic mass is 9.45. The number of benzene rings is 1. The van der Waals surface area contributed by atoms with E-state index in [-0.39, 0.29) is 66.0 Å². The van der Waals surface area contributed by atoms with Gasteiger partial charge in [-0.1, -0.05) is 38.5 Å². The fraction of sp³-hybridized carbons (Fsp3) is 0.714. The molecule has 1 saturated heterocycles. The molecule has 4 aliphatic carbocycles. The van der Waals surface area contributed by atoms with Crippen LogP contribution in [-0.2, 0) is 29.3 Å². The number of ketones is 2. The number of carbonyl (C=O) groups is 4. The molecule has 0 aromatic heterocycles. The predicted octanol–water partition coefficient (Wildman–Crippen LogP) is 4.93. The lowest BCUT2D eigenvalue weighted by Crippen LogP contribution is -2.62. The van der Waals surface area contributed by atoms with Crippen LogP contribution in [0.5, 0.6) is 5.75 Å². The van der Waals surface area contributed by atoms with Crippen molar-refractivity contribution in [1.29, 1.82) is 0 Å². The Hall–Kier alpha value is -3.08. The van der Waals surface area contributed by atoms with Crippen molar-refractivity contribution < 1.29 is 38.9 Å². The quantitative estimate of drug-likeness (QED) is 0.272. The molecule has 1 heterocycles. The van der Waals surface area contributed by atoms with E-state index in [4.69, 9.17) is 9.47 Å². The summed E-state index contributed by atoms with van der Waals surface area (Å²) in [5.41, 5.74) is -0.588. The van der Waals surface area contributed by atoms with Crippen molar-refractivity contribution >= 4 is 23.4 Å². The standard InChI is InChI=1S/C42H60N2O8/c1-26-24-44(5)27(2)22-41(26,28-7-10-31(51-6)11-8-28)19-20-43-36(48)13-14-37(49)52-25-35(47)42(50)18-16-33-32-12-9-29-21-30(45)15-17-39(29,3)38(32)34(46)23-40(33,42)4/h7-8,10-11,21,26-27,32-34,38,46,50H,9,12-20,22-25H2,1-6H3,(H,43,48)/t26-,27+,32-,33+,34-,38-,39-,40-,41+,42-/m0/s1. The Kier molecular flexibility index (Phi) is 10.9. The van der Waals surface area contributed by atoms with Crippen molar-refractivity contribution in [2.24, 2.45) is 34.5 Å². The summed E-state index contributed by atoms with van der Waals surface area (Å²) in [6.07, 6.45) is 6.56. The van der Waals surface area contributed by atoms with Crippen molar-refractivity contribution in [3.8, 4) is 5.75 Å². The first-order valence-corrected chi connectivity index (χ1v) is 19.5. The Labute approximate surface area is 309 Å². The van der Waals surface area contributed by atoms with Crippen LogP contribution in [0.3, 0.4) is 0 Å². The van der Waals surface area contributed by atoms with Crippen LogP contribution in [0.15, 0.2) is 35.9 Å². The SMILES string of the molecule is COc1ccc([C@]2(CCNC(=O)CCC(=O)OCC(=O)[C@@]3(O)CC[C@@H]4[C@@H]5CCC6=CC(=O)CC[C@]6(C)[C@@H]5[C@@H](O)C[C@@]43C)C[C@@H](C)N(C)C[C@@H]2C)cc1. The number of fused-ring (bicyclic) bond motifs is 5. The number of rotatable bonds is 11. The van der Waals surface area contributed by atoms with Gasteiger partial charge in [0, 0.05) is 42.8 Å². The number of esters is 1. The number of aliphatic hydroxyl groups excluding tert-OH is 1. The van der Waals surface area contributed by atoms with Gasteiger partial charge in [-0.05, 0) is 118 Å².